The summed E-state index contributed by atoms with van der Waals surface area (Å²) in [6, 6.07) is 2.18. The molecule has 1 atom stereocenters. The molecule has 0 aromatic carbocycles. The Morgan fingerprint density at radius 1 is 1.36 bits per heavy atom. The van der Waals surface area contributed by atoms with Crippen LogP contribution in [0.15, 0.2) is 0 Å². The Balaban J connectivity index is 2.14. The van der Waals surface area contributed by atoms with E-state index >= 15 is 0 Å². The van der Waals surface area contributed by atoms with E-state index in [1.54, 1.807) is 0 Å². The molecule has 0 spiro atoms. The summed E-state index contributed by atoms with van der Waals surface area (Å²) in [5.41, 5.74) is 0. The zero-order valence-electron chi connectivity index (χ0n) is 9.17. The second kappa shape index (κ2) is 6.84. The van der Waals surface area contributed by atoms with Gasteiger partial charge in [0, 0.05) is 6.61 Å². The molecule has 1 rings (SSSR count). The van der Waals surface area contributed by atoms with E-state index in [0.29, 0.717) is 6.42 Å². The molecule has 0 bridgehead atoms. The first-order valence-corrected chi connectivity index (χ1v) is 5.85. The standard InChI is InChI=1S/C12H21NO/c1-2-12(8-9-13)14-10-11-6-4-3-5-7-11/h11-12H,2-8,10H2,1H3. The minimum absolute atomic E-state index is 0.168. The van der Waals surface area contributed by atoms with Crippen LogP contribution in [0.1, 0.15) is 51.9 Å². The Labute approximate surface area is 87.3 Å². The molecule has 80 valence electrons. The fourth-order valence-electron chi connectivity index (χ4n) is 2.05. The van der Waals surface area contributed by atoms with Crippen LogP contribution < -0.4 is 0 Å². The highest BCUT2D eigenvalue weighted by atomic mass is 16.5. The molecular formula is C12H21NO. The van der Waals surface area contributed by atoms with Gasteiger partial charge in [0.1, 0.15) is 0 Å². The number of ether oxygens (including phenoxy) is 1. The molecule has 0 aromatic heterocycles. The third-order valence-corrected chi connectivity index (χ3v) is 3.07. The molecule has 0 amide bonds. The molecular weight excluding hydrogens is 174 g/mol. The molecule has 1 aliphatic rings. The van der Waals surface area contributed by atoms with Gasteiger partial charge < -0.3 is 4.74 Å². The summed E-state index contributed by atoms with van der Waals surface area (Å²) in [5.74, 6) is 0.761. The van der Waals surface area contributed by atoms with E-state index < -0.39 is 0 Å². The molecule has 1 fully saturated rings. The SMILES string of the molecule is CCC(CC#N)OCC1CCCCC1. The number of hydrogen-bond acceptors (Lipinski definition) is 2. The Hall–Kier alpha value is -0.550. The predicted molar refractivity (Wildman–Crippen MR) is 56.8 cm³/mol. The number of nitrogens with zero attached hydrogens (tertiary/aromatic N) is 1. The van der Waals surface area contributed by atoms with Crippen LogP contribution in [-0.4, -0.2) is 12.7 Å². The Bertz CT molecular complexity index is 179. The van der Waals surface area contributed by atoms with Gasteiger partial charge in [-0.05, 0) is 25.2 Å². The summed E-state index contributed by atoms with van der Waals surface area (Å²) in [6.45, 7) is 2.96. The van der Waals surface area contributed by atoms with Crippen molar-refractivity contribution in [2.75, 3.05) is 6.61 Å². The Morgan fingerprint density at radius 2 is 2.07 bits per heavy atom. The lowest BCUT2D eigenvalue weighted by Gasteiger charge is -2.23. The molecule has 2 heteroatoms. The third-order valence-electron chi connectivity index (χ3n) is 3.07. The molecule has 1 unspecified atom stereocenters. The van der Waals surface area contributed by atoms with Crippen LogP contribution in [0.2, 0.25) is 0 Å². The second-order valence-corrected chi connectivity index (χ2v) is 4.23. The largest absolute Gasteiger partial charge is 0.377 e. The molecule has 1 saturated carbocycles. The quantitative estimate of drug-likeness (QED) is 0.674. The van der Waals surface area contributed by atoms with Gasteiger partial charge >= 0.3 is 0 Å². The lowest BCUT2D eigenvalue weighted by atomic mass is 9.90. The smallest absolute Gasteiger partial charge is 0.0702 e. The van der Waals surface area contributed by atoms with Crippen LogP contribution in [0, 0.1) is 17.2 Å². The molecule has 0 heterocycles. The number of nitriles is 1. The van der Waals surface area contributed by atoms with Gasteiger partial charge in [0.25, 0.3) is 0 Å². The number of rotatable bonds is 5. The van der Waals surface area contributed by atoms with Crippen molar-refractivity contribution in [2.24, 2.45) is 5.92 Å². The van der Waals surface area contributed by atoms with E-state index in [-0.39, 0.29) is 6.10 Å². The molecule has 0 aromatic rings. The van der Waals surface area contributed by atoms with Gasteiger partial charge in [-0.1, -0.05) is 26.2 Å². The fourth-order valence-corrected chi connectivity index (χ4v) is 2.05. The van der Waals surface area contributed by atoms with Crippen LogP contribution in [0.4, 0.5) is 0 Å². The van der Waals surface area contributed by atoms with Crippen LogP contribution in [-0.2, 0) is 4.74 Å². The molecule has 0 N–H and O–H groups in total. The average Bonchev–Trinajstić information content (AvgIpc) is 2.25. The van der Waals surface area contributed by atoms with Gasteiger partial charge in [0.15, 0.2) is 0 Å². The zero-order chi connectivity index (χ0) is 10.2. The first-order chi connectivity index (χ1) is 6.86. The van der Waals surface area contributed by atoms with Gasteiger partial charge in [0.2, 0.25) is 0 Å². The molecule has 0 radical (unpaired) electrons. The van der Waals surface area contributed by atoms with E-state index in [4.69, 9.17) is 10.00 Å². The highest BCUT2D eigenvalue weighted by Gasteiger charge is 2.15. The summed E-state index contributed by atoms with van der Waals surface area (Å²) in [4.78, 5) is 0. The van der Waals surface area contributed by atoms with Crippen LogP contribution >= 0.6 is 0 Å². The van der Waals surface area contributed by atoms with Gasteiger partial charge in [-0.2, -0.15) is 5.26 Å². The minimum atomic E-state index is 0.168. The maximum absolute atomic E-state index is 8.57. The first kappa shape index (κ1) is 11.5. The monoisotopic (exact) mass is 195 g/mol. The molecule has 0 aliphatic heterocycles. The van der Waals surface area contributed by atoms with E-state index in [1.807, 2.05) is 0 Å². The van der Waals surface area contributed by atoms with Gasteiger partial charge in [-0.3, -0.25) is 0 Å². The van der Waals surface area contributed by atoms with E-state index in [0.717, 1.165) is 18.9 Å². The normalized spacial score (nSPS) is 20.3. The van der Waals surface area contributed by atoms with Crippen LogP contribution in [0.3, 0.4) is 0 Å². The lowest BCUT2D eigenvalue weighted by Crippen LogP contribution is -2.19. The van der Waals surface area contributed by atoms with Crippen LogP contribution in [0.5, 0.6) is 0 Å². The van der Waals surface area contributed by atoms with Crippen molar-refractivity contribution in [3.8, 4) is 6.07 Å². The third kappa shape index (κ3) is 4.11. The summed E-state index contributed by atoms with van der Waals surface area (Å²) in [7, 11) is 0. The molecule has 2 nitrogen and oxygen atoms in total. The van der Waals surface area contributed by atoms with Gasteiger partial charge in [-0.25, -0.2) is 0 Å². The van der Waals surface area contributed by atoms with Crippen molar-refractivity contribution in [3.05, 3.63) is 0 Å². The maximum atomic E-state index is 8.57. The summed E-state index contributed by atoms with van der Waals surface area (Å²) < 4.78 is 5.75. The second-order valence-electron chi connectivity index (χ2n) is 4.23. The van der Waals surface area contributed by atoms with Crippen molar-refractivity contribution in [1.82, 2.24) is 0 Å². The van der Waals surface area contributed by atoms with E-state index in [2.05, 4.69) is 13.0 Å². The summed E-state index contributed by atoms with van der Waals surface area (Å²) >= 11 is 0. The summed E-state index contributed by atoms with van der Waals surface area (Å²) in [5, 5.41) is 8.57. The zero-order valence-corrected chi connectivity index (χ0v) is 9.17. The Morgan fingerprint density at radius 3 is 2.64 bits per heavy atom. The van der Waals surface area contributed by atoms with Gasteiger partial charge in [0.05, 0.1) is 18.6 Å². The molecule has 1 aliphatic carbocycles. The van der Waals surface area contributed by atoms with Gasteiger partial charge in [-0.15, -0.1) is 0 Å². The topological polar surface area (TPSA) is 33.0 Å². The molecule has 14 heavy (non-hydrogen) atoms. The average molecular weight is 195 g/mol. The predicted octanol–water partition coefficient (Wildman–Crippen LogP) is 3.28. The fraction of sp³-hybridized carbons (Fsp3) is 0.917. The maximum Gasteiger partial charge on any atom is 0.0702 e. The van der Waals surface area contributed by atoms with Crippen molar-refractivity contribution >= 4 is 0 Å². The highest BCUT2D eigenvalue weighted by molar-refractivity contribution is 4.76. The number of hydrogen-bond donors (Lipinski definition) is 0. The van der Waals surface area contributed by atoms with Crippen molar-refractivity contribution in [2.45, 2.75) is 58.0 Å². The van der Waals surface area contributed by atoms with Crippen LogP contribution in [0.25, 0.3) is 0 Å². The Kier molecular flexibility index (Phi) is 5.63. The van der Waals surface area contributed by atoms with Crippen molar-refractivity contribution in [3.63, 3.8) is 0 Å². The molecule has 0 saturated heterocycles. The van der Waals surface area contributed by atoms with E-state index in [1.165, 1.54) is 32.1 Å². The first-order valence-electron chi connectivity index (χ1n) is 5.85. The summed E-state index contributed by atoms with van der Waals surface area (Å²) in [6.07, 6.45) is 8.44. The van der Waals surface area contributed by atoms with E-state index in [9.17, 15) is 0 Å². The highest BCUT2D eigenvalue weighted by Crippen LogP contribution is 2.24. The van der Waals surface area contributed by atoms with Crippen molar-refractivity contribution < 1.29 is 4.74 Å². The van der Waals surface area contributed by atoms with Crippen molar-refractivity contribution in [1.29, 1.82) is 5.26 Å². The minimum Gasteiger partial charge on any atom is -0.377 e. The lowest BCUT2D eigenvalue weighted by molar-refractivity contribution is 0.0214.